The molecule has 2 aliphatic heterocycles. The van der Waals surface area contributed by atoms with E-state index >= 15 is 0 Å². The number of piperidine rings is 1. The number of ether oxygens (including phenoxy) is 3. The van der Waals surface area contributed by atoms with Crippen LogP contribution in [0.25, 0.3) is 11.0 Å². The molecule has 1 fully saturated rings. The molecule has 2 aliphatic rings. The lowest BCUT2D eigenvalue weighted by atomic mass is 9.88. The van der Waals surface area contributed by atoms with E-state index in [-0.39, 0.29) is 5.56 Å². The van der Waals surface area contributed by atoms with Crippen LogP contribution >= 0.6 is 11.6 Å². The van der Waals surface area contributed by atoms with E-state index in [2.05, 4.69) is 20.5 Å². The van der Waals surface area contributed by atoms with Crippen molar-refractivity contribution < 1.29 is 24.1 Å². The highest BCUT2D eigenvalue weighted by Gasteiger charge is 2.42. The molecule has 0 N–H and O–H groups in total. The maximum Gasteiger partial charge on any atom is 0.292 e. The van der Waals surface area contributed by atoms with Crippen LogP contribution < -0.4 is 14.6 Å². The first-order valence-electron chi connectivity index (χ1n) is 13.4. The van der Waals surface area contributed by atoms with Gasteiger partial charge in [-0.25, -0.2) is 4.98 Å². The lowest BCUT2D eigenvalue weighted by molar-refractivity contribution is -0.255. The first-order valence-corrected chi connectivity index (χ1v) is 13.8. The van der Waals surface area contributed by atoms with Crippen molar-refractivity contribution in [1.82, 2.24) is 19.4 Å². The van der Waals surface area contributed by atoms with Crippen LogP contribution in [0.15, 0.2) is 54.7 Å². The number of fused-ring (bicyclic) bond motifs is 2. The summed E-state index contributed by atoms with van der Waals surface area (Å²) in [6.45, 7) is 5.41. The Morgan fingerprint density at radius 3 is 2.73 bits per heavy atom. The second-order valence-electron chi connectivity index (χ2n) is 10.4. The van der Waals surface area contributed by atoms with Crippen LogP contribution in [0.4, 0.5) is 0 Å². The number of pyridine rings is 1. The summed E-state index contributed by atoms with van der Waals surface area (Å²) in [6, 6.07) is 14.6. The van der Waals surface area contributed by atoms with Crippen molar-refractivity contribution in [3.63, 3.8) is 0 Å². The van der Waals surface area contributed by atoms with Crippen LogP contribution in [0.2, 0.25) is 5.02 Å². The Labute approximate surface area is 237 Å². The molecule has 1 atom stereocenters. The molecule has 0 saturated carbocycles. The number of likely N-dealkylation sites (tertiary alicyclic amines) is 1. The van der Waals surface area contributed by atoms with Gasteiger partial charge in [-0.15, -0.1) is 0 Å². The van der Waals surface area contributed by atoms with Crippen molar-refractivity contribution in [3.8, 4) is 11.5 Å². The highest BCUT2D eigenvalue weighted by molar-refractivity contribution is 6.30. The Balaban J connectivity index is 1.17. The van der Waals surface area contributed by atoms with E-state index in [0.29, 0.717) is 36.3 Å². The standard InChI is InChI=1S/C30H31ClN4O5/c1-30(26-9-7-21(31)17-32-26)39-25-5-3-4-22(28(25)40-30)19-10-12-34(13-11-19)18-27-33-23-8-6-20(29(36)37)16-24(23)35(27)14-15-38-2/h3-9,16-17,19H,10-15,18H2,1-2H3,(H,36,37)/p-1. The zero-order chi connectivity index (χ0) is 27.9. The van der Waals surface area contributed by atoms with E-state index in [1.165, 1.54) is 0 Å². The number of aromatic carboxylic acids is 1. The third-order valence-electron chi connectivity index (χ3n) is 7.78. The Morgan fingerprint density at radius 1 is 1.18 bits per heavy atom. The van der Waals surface area contributed by atoms with E-state index in [0.717, 1.165) is 59.9 Å². The van der Waals surface area contributed by atoms with Gasteiger partial charge in [0.25, 0.3) is 5.79 Å². The van der Waals surface area contributed by atoms with Gasteiger partial charge in [-0.05, 0) is 67.7 Å². The van der Waals surface area contributed by atoms with E-state index in [4.69, 9.17) is 30.8 Å². The Kier molecular flexibility index (Phi) is 7.12. The molecule has 1 saturated heterocycles. The van der Waals surface area contributed by atoms with Crippen LogP contribution in [-0.4, -0.2) is 52.2 Å². The molecule has 4 aromatic rings. The highest BCUT2D eigenvalue weighted by atomic mass is 35.5. The predicted octanol–water partition coefficient (Wildman–Crippen LogP) is 4.12. The topological polar surface area (TPSA) is 102 Å². The first-order chi connectivity index (χ1) is 19.3. The number of carbonyl (C=O) groups is 1. The van der Waals surface area contributed by atoms with E-state index in [9.17, 15) is 9.90 Å². The van der Waals surface area contributed by atoms with Gasteiger partial charge in [0, 0.05) is 32.3 Å². The highest BCUT2D eigenvalue weighted by Crippen LogP contribution is 2.49. The van der Waals surface area contributed by atoms with Crippen molar-refractivity contribution in [3.05, 3.63) is 82.4 Å². The number of nitrogens with zero attached hydrogens (tertiary/aromatic N) is 4. The second kappa shape index (κ2) is 10.7. The van der Waals surface area contributed by atoms with Crippen LogP contribution in [0, 0.1) is 0 Å². The normalized spacial score (nSPS) is 19.4. The monoisotopic (exact) mass is 561 g/mol. The quantitative estimate of drug-likeness (QED) is 0.317. The lowest BCUT2D eigenvalue weighted by Crippen LogP contribution is -2.34. The molecule has 0 bridgehead atoms. The van der Waals surface area contributed by atoms with Gasteiger partial charge in [-0.1, -0.05) is 29.8 Å². The number of carbonyl (C=O) groups excluding carboxylic acids is 1. The summed E-state index contributed by atoms with van der Waals surface area (Å²) in [5.74, 6) is 0.517. The molecule has 4 heterocycles. The Morgan fingerprint density at radius 2 is 2.00 bits per heavy atom. The number of hydrogen-bond acceptors (Lipinski definition) is 8. The van der Waals surface area contributed by atoms with Crippen molar-refractivity contribution in [2.75, 3.05) is 26.8 Å². The van der Waals surface area contributed by atoms with Gasteiger partial charge in [0.2, 0.25) is 0 Å². The minimum Gasteiger partial charge on any atom is -0.545 e. The Hall–Kier alpha value is -3.66. The van der Waals surface area contributed by atoms with Crippen LogP contribution in [0.3, 0.4) is 0 Å². The zero-order valence-corrected chi connectivity index (χ0v) is 23.2. The van der Waals surface area contributed by atoms with Crippen LogP contribution in [-0.2, 0) is 23.6 Å². The van der Waals surface area contributed by atoms with Gasteiger partial charge in [0.1, 0.15) is 11.5 Å². The molecule has 208 valence electrons. The number of benzene rings is 2. The molecule has 2 aromatic carbocycles. The number of carboxylic acid groups (broad SMARTS) is 1. The number of para-hydroxylation sites is 1. The lowest BCUT2D eigenvalue weighted by Gasteiger charge is -2.32. The number of rotatable bonds is 8. The summed E-state index contributed by atoms with van der Waals surface area (Å²) in [5, 5.41) is 12.0. The summed E-state index contributed by atoms with van der Waals surface area (Å²) in [4.78, 5) is 23.1. The van der Waals surface area contributed by atoms with Crippen molar-refractivity contribution in [2.45, 2.75) is 44.6 Å². The number of methoxy groups -OCH3 is 1. The number of hydrogen-bond donors (Lipinski definition) is 0. The van der Waals surface area contributed by atoms with Gasteiger partial charge < -0.3 is 28.7 Å². The number of imidazole rings is 1. The fraction of sp³-hybridized carbons (Fsp3) is 0.367. The molecule has 9 nitrogen and oxygen atoms in total. The van der Waals surface area contributed by atoms with Crippen molar-refractivity contribution in [2.24, 2.45) is 0 Å². The fourth-order valence-electron chi connectivity index (χ4n) is 5.67. The summed E-state index contributed by atoms with van der Waals surface area (Å²) < 4.78 is 20.0. The molecular formula is C30H30ClN4O5-. The smallest absolute Gasteiger partial charge is 0.292 e. The summed E-state index contributed by atoms with van der Waals surface area (Å²) >= 11 is 6.03. The number of aromatic nitrogens is 3. The van der Waals surface area contributed by atoms with Crippen LogP contribution in [0.5, 0.6) is 11.5 Å². The van der Waals surface area contributed by atoms with Crippen LogP contribution in [0.1, 0.15) is 53.1 Å². The Bertz CT molecular complexity index is 1550. The van der Waals surface area contributed by atoms with Gasteiger partial charge in [0.15, 0.2) is 11.5 Å². The second-order valence-corrected chi connectivity index (χ2v) is 10.8. The summed E-state index contributed by atoms with van der Waals surface area (Å²) in [6.07, 6.45) is 3.52. The van der Waals surface area contributed by atoms with Gasteiger partial charge in [-0.2, -0.15) is 0 Å². The maximum absolute atomic E-state index is 11.4. The number of carboxylic acids is 1. The largest absolute Gasteiger partial charge is 0.545 e. The molecule has 0 radical (unpaired) electrons. The molecule has 1 unspecified atom stereocenters. The van der Waals surface area contributed by atoms with Crippen molar-refractivity contribution in [1.29, 1.82) is 0 Å². The molecule has 0 amide bonds. The van der Waals surface area contributed by atoms with Crippen molar-refractivity contribution >= 4 is 28.6 Å². The molecule has 0 spiro atoms. The van der Waals surface area contributed by atoms with E-state index < -0.39 is 11.8 Å². The summed E-state index contributed by atoms with van der Waals surface area (Å²) in [5.41, 5.74) is 3.50. The minimum absolute atomic E-state index is 0.142. The third-order valence-corrected chi connectivity index (χ3v) is 8.00. The molecule has 0 aliphatic carbocycles. The molecular weight excluding hydrogens is 532 g/mol. The maximum atomic E-state index is 11.4. The third kappa shape index (κ3) is 5.00. The predicted molar refractivity (Wildman–Crippen MR) is 147 cm³/mol. The minimum atomic E-state index is -1.20. The average molecular weight is 562 g/mol. The molecule has 10 heteroatoms. The first kappa shape index (κ1) is 26.6. The van der Waals surface area contributed by atoms with Gasteiger partial charge >= 0.3 is 0 Å². The van der Waals surface area contributed by atoms with Gasteiger partial charge in [-0.3, -0.25) is 9.88 Å². The van der Waals surface area contributed by atoms with Gasteiger partial charge in [0.05, 0.1) is 35.2 Å². The fourth-order valence-corrected chi connectivity index (χ4v) is 5.78. The summed E-state index contributed by atoms with van der Waals surface area (Å²) in [7, 11) is 1.65. The molecule has 6 rings (SSSR count). The molecule has 40 heavy (non-hydrogen) atoms. The SMILES string of the molecule is COCCn1c(CN2CCC(c3cccc4c3OC(C)(c3ccc(Cl)cn3)O4)CC2)nc2ccc(C(=O)[O-])cc21. The zero-order valence-electron chi connectivity index (χ0n) is 22.4. The average Bonchev–Trinajstić information content (AvgIpc) is 3.49. The van der Waals surface area contributed by atoms with E-state index in [1.807, 2.05) is 25.1 Å². The number of halogens is 1. The van der Waals surface area contributed by atoms with E-state index in [1.54, 1.807) is 37.6 Å². The molecule has 2 aromatic heterocycles.